The SMILES string of the molecule is CC(=O)OOOOC(=O)c1ccccc1. The topological polar surface area (TPSA) is 71.1 Å². The lowest BCUT2D eigenvalue weighted by Gasteiger charge is -1.99. The maximum atomic E-state index is 11.1. The third kappa shape index (κ3) is 4.21. The Labute approximate surface area is 85.1 Å². The Hall–Kier alpha value is -1.92. The van der Waals surface area contributed by atoms with E-state index in [-0.39, 0.29) is 5.56 Å². The van der Waals surface area contributed by atoms with Crippen LogP contribution in [0.25, 0.3) is 0 Å². The molecule has 6 heteroatoms. The van der Waals surface area contributed by atoms with Gasteiger partial charge in [0.05, 0.1) is 5.56 Å². The minimum atomic E-state index is -0.761. The molecular formula is C9H8O6. The Balaban J connectivity index is 2.28. The summed E-state index contributed by atoms with van der Waals surface area (Å²) < 4.78 is 0. The molecular weight excluding hydrogens is 204 g/mol. The molecule has 1 rings (SSSR count). The van der Waals surface area contributed by atoms with E-state index >= 15 is 0 Å². The van der Waals surface area contributed by atoms with E-state index < -0.39 is 11.9 Å². The normalized spacial score (nSPS) is 9.40. The Morgan fingerprint density at radius 2 is 1.60 bits per heavy atom. The van der Waals surface area contributed by atoms with Gasteiger partial charge in [-0.25, -0.2) is 9.59 Å². The van der Waals surface area contributed by atoms with Crippen LogP contribution in [0.15, 0.2) is 30.3 Å². The average Bonchev–Trinajstić information content (AvgIpc) is 2.25. The minimum Gasteiger partial charge on any atom is -0.266 e. The lowest BCUT2D eigenvalue weighted by Crippen LogP contribution is -2.08. The summed E-state index contributed by atoms with van der Waals surface area (Å²) >= 11 is 0. The molecule has 0 aliphatic carbocycles. The second-order valence-corrected chi connectivity index (χ2v) is 2.45. The summed E-state index contributed by atoms with van der Waals surface area (Å²) in [6.07, 6.45) is 0. The quantitative estimate of drug-likeness (QED) is 0.424. The highest BCUT2D eigenvalue weighted by molar-refractivity contribution is 5.88. The smallest absolute Gasteiger partial charge is 0.266 e. The second-order valence-electron chi connectivity index (χ2n) is 2.45. The van der Waals surface area contributed by atoms with Gasteiger partial charge in [-0.15, -0.1) is 0 Å². The molecule has 0 unspecified atom stereocenters. The predicted octanol–water partition coefficient (Wildman–Crippen LogP) is 1.18. The minimum absolute atomic E-state index is 0.281. The van der Waals surface area contributed by atoms with Crippen molar-refractivity contribution in [2.24, 2.45) is 0 Å². The summed E-state index contributed by atoms with van der Waals surface area (Å²) in [6, 6.07) is 8.11. The zero-order chi connectivity index (χ0) is 11.1. The fourth-order valence-corrected chi connectivity index (χ4v) is 0.729. The number of carbonyl (C=O) groups excluding carboxylic acids is 2. The van der Waals surface area contributed by atoms with E-state index in [1.54, 1.807) is 18.2 Å². The average molecular weight is 212 g/mol. The van der Waals surface area contributed by atoms with Crippen LogP contribution in [0.2, 0.25) is 0 Å². The Kier molecular flexibility index (Phi) is 4.27. The molecule has 0 bridgehead atoms. The van der Waals surface area contributed by atoms with Crippen molar-refractivity contribution in [3.8, 4) is 0 Å². The van der Waals surface area contributed by atoms with Crippen molar-refractivity contribution in [1.29, 1.82) is 0 Å². The lowest BCUT2D eigenvalue weighted by molar-refractivity contribution is -0.597. The molecule has 0 fully saturated rings. The van der Waals surface area contributed by atoms with E-state index in [0.717, 1.165) is 6.92 Å². The molecule has 6 nitrogen and oxygen atoms in total. The molecule has 1 aromatic carbocycles. The summed E-state index contributed by atoms with van der Waals surface area (Å²) in [7, 11) is 0. The van der Waals surface area contributed by atoms with Crippen LogP contribution in [0.5, 0.6) is 0 Å². The first-order valence-electron chi connectivity index (χ1n) is 3.98. The van der Waals surface area contributed by atoms with Gasteiger partial charge in [0.2, 0.25) is 0 Å². The molecule has 0 radical (unpaired) electrons. The number of hydrogen-bond acceptors (Lipinski definition) is 6. The fourth-order valence-electron chi connectivity index (χ4n) is 0.729. The van der Waals surface area contributed by atoms with Crippen LogP contribution in [0.3, 0.4) is 0 Å². The van der Waals surface area contributed by atoms with Gasteiger partial charge in [-0.1, -0.05) is 18.2 Å². The Morgan fingerprint density at radius 3 is 2.20 bits per heavy atom. The zero-order valence-corrected chi connectivity index (χ0v) is 7.84. The molecule has 0 saturated heterocycles. The molecule has 0 aliphatic heterocycles. The molecule has 15 heavy (non-hydrogen) atoms. The molecule has 1 aromatic rings. The highest BCUT2D eigenvalue weighted by Gasteiger charge is 2.08. The van der Waals surface area contributed by atoms with Crippen molar-refractivity contribution in [2.45, 2.75) is 6.92 Å². The third-order valence-electron chi connectivity index (χ3n) is 1.30. The van der Waals surface area contributed by atoms with Crippen molar-refractivity contribution in [3.63, 3.8) is 0 Å². The van der Waals surface area contributed by atoms with Gasteiger partial charge in [-0.05, 0) is 12.1 Å². The van der Waals surface area contributed by atoms with E-state index in [2.05, 4.69) is 19.9 Å². The first-order valence-corrected chi connectivity index (χ1v) is 3.98. The van der Waals surface area contributed by atoms with Crippen LogP contribution in [0, 0.1) is 0 Å². The predicted molar refractivity (Wildman–Crippen MR) is 45.8 cm³/mol. The standard InChI is InChI=1S/C9H8O6/c1-7(10)12-14-15-13-9(11)8-5-3-2-4-6-8/h2-6H,1H3. The van der Waals surface area contributed by atoms with Gasteiger partial charge in [0.25, 0.3) is 0 Å². The number of hydrogen-bond donors (Lipinski definition) is 0. The Morgan fingerprint density at radius 1 is 1.00 bits per heavy atom. The largest absolute Gasteiger partial charge is 0.376 e. The molecule has 0 atom stereocenters. The number of rotatable bonds is 4. The Bertz CT molecular complexity index is 334. The van der Waals surface area contributed by atoms with Crippen molar-refractivity contribution in [1.82, 2.24) is 0 Å². The van der Waals surface area contributed by atoms with Gasteiger partial charge in [0.1, 0.15) is 0 Å². The van der Waals surface area contributed by atoms with Gasteiger partial charge in [0.15, 0.2) is 0 Å². The molecule has 0 N–H and O–H groups in total. The van der Waals surface area contributed by atoms with Crippen LogP contribution in [0.4, 0.5) is 0 Å². The highest BCUT2D eigenvalue weighted by atomic mass is 17.7. The summed E-state index contributed by atoms with van der Waals surface area (Å²) in [5, 5.41) is 7.66. The maximum Gasteiger partial charge on any atom is 0.376 e. The number of benzene rings is 1. The van der Waals surface area contributed by atoms with Crippen molar-refractivity contribution in [3.05, 3.63) is 35.9 Å². The first kappa shape index (κ1) is 11.2. The van der Waals surface area contributed by atoms with Crippen LogP contribution < -0.4 is 0 Å². The summed E-state index contributed by atoms with van der Waals surface area (Å²) in [5.41, 5.74) is 0.281. The van der Waals surface area contributed by atoms with E-state index in [1.165, 1.54) is 12.1 Å². The first-order chi connectivity index (χ1) is 7.20. The lowest BCUT2D eigenvalue weighted by atomic mass is 10.2. The fraction of sp³-hybridized carbons (Fsp3) is 0.111. The number of carbonyl (C=O) groups is 2. The molecule has 0 amide bonds. The van der Waals surface area contributed by atoms with Gasteiger partial charge in [0, 0.05) is 17.0 Å². The van der Waals surface area contributed by atoms with E-state index in [9.17, 15) is 9.59 Å². The monoisotopic (exact) mass is 212 g/mol. The molecule has 80 valence electrons. The van der Waals surface area contributed by atoms with Crippen molar-refractivity contribution in [2.75, 3.05) is 0 Å². The summed E-state index contributed by atoms with van der Waals surface area (Å²) in [5.74, 6) is -1.49. The van der Waals surface area contributed by atoms with E-state index in [0.29, 0.717) is 0 Å². The molecule has 0 saturated carbocycles. The van der Waals surface area contributed by atoms with Gasteiger partial charge in [-0.3, -0.25) is 9.78 Å². The summed E-state index contributed by atoms with van der Waals surface area (Å²) in [6.45, 7) is 1.10. The van der Waals surface area contributed by atoms with Gasteiger partial charge in [-0.2, -0.15) is 0 Å². The second kappa shape index (κ2) is 5.74. The van der Waals surface area contributed by atoms with Crippen LogP contribution in [-0.4, -0.2) is 11.9 Å². The zero-order valence-electron chi connectivity index (χ0n) is 7.84. The van der Waals surface area contributed by atoms with Gasteiger partial charge >= 0.3 is 11.9 Å². The van der Waals surface area contributed by atoms with Crippen LogP contribution in [-0.2, 0) is 24.6 Å². The molecule has 0 spiro atoms. The van der Waals surface area contributed by atoms with E-state index in [4.69, 9.17) is 0 Å². The maximum absolute atomic E-state index is 11.1. The van der Waals surface area contributed by atoms with Gasteiger partial charge < -0.3 is 0 Å². The third-order valence-corrected chi connectivity index (χ3v) is 1.30. The van der Waals surface area contributed by atoms with E-state index in [1.807, 2.05) is 0 Å². The molecule has 0 aliphatic rings. The molecule has 0 heterocycles. The van der Waals surface area contributed by atoms with Crippen molar-refractivity contribution >= 4 is 11.9 Å². The summed E-state index contributed by atoms with van der Waals surface area (Å²) in [4.78, 5) is 29.3. The molecule has 0 aromatic heterocycles. The van der Waals surface area contributed by atoms with Crippen LogP contribution in [0.1, 0.15) is 17.3 Å². The highest BCUT2D eigenvalue weighted by Crippen LogP contribution is 2.01. The van der Waals surface area contributed by atoms with Crippen LogP contribution >= 0.6 is 0 Å². The van der Waals surface area contributed by atoms with Crippen molar-refractivity contribution < 1.29 is 29.4 Å².